The lowest BCUT2D eigenvalue weighted by Gasteiger charge is -2.27. The van der Waals surface area contributed by atoms with Gasteiger partial charge in [-0.1, -0.05) is 102 Å². The standard InChI is InChI=1S/C32H30ClNO4/c1-31(2,3)21-15-11-19(12-16-21)29(37)34(30(38)20-13-17-22(18-14-20)32(4,5)6)26-25(33)27(35)23-9-7-8-10-24(23)28(26)36/h7-18H,1-6H3. The Kier molecular flexibility index (Phi) is 7.02. The largest absolute Gasteiger partial charge is 0.287 e. The van der Waals surface area contributed by atoms with Crippen molar-refractivity contribution in [3.8, 4) is 0 Å². The Morgan fingerprint density at radius 1 is 0.605 bits per heavy atom. The van der Waals surface area contributed by atoms with E-state index in [9.17, 15) is 19.2 Å². The fraction of sp³-hybridized carbons (Fsp3) is 0.250. The molecule has 1 aliphatic rings. The number of benzene rings is 3. The number of hydrogen-bond donors (Lipinski definition) is 0. The average molecular weight is 528 g/mol. The Hall–Kier alpha value is -3.83. The fourth-order valence-electron chi connectivity index (χ4n) is 4.31. The molecule has 0 saturated heterocycles. The highest BCUT2D eigenvalue weighted by Crippen LogP contribution is 2.33. The number of fused-ring (bicyclic) bond motifs is 1. The smallest absolute Gasteiger partial charge is 0.265 e. The minimum absolute atomic E-state index is 0.0914. The van der Waals surface area contributed by atoms with Gasteiger partial charge in [-0.05, 0) is 46.2 Å². The van der Waals surface area contributed by atoms with Gasteiger partial charge < -0.3 is 0 Å². The molecule has 5 nitrogen and oxygen atoms in total. The zero-order chi connectivity index (χ0) is 28.0. The summed E-state index contributed by atoms with van der Waals surface area (Å²) in [5.74, 6) is -2.77. The van der Waals surface area contributed by atoms with Crippen LogP contribution in [0.4, 0.5) is 0 Å². The molecule has 194 valence electrons. The predicted molar refractivity (Wildman–Crippen MR) is 149 cm³/mol. The molecule has 38 heavy (non-hydrogen) atoms. The van der Waals surface area contributed by atoms with E-state index < -0.39 is 34.1 Å². The molecule has 0 fully saturated rings. The highest BCUT2D eigenvalue weighted by molar-refractivity contribution is 6.50. The lowest BCUT2D eigenvalue weighted by molar-refractivity contribution is 0.0641. The van der Waals surface area contributed by atoms with E-state index in [-0.39, 0.29) is 33.1 Å². The van der Waals surface area contributed by atoms with Crippen molar-refractivity contribution in [3.63, 3.8) is 0 Å². The van der Waals surface area contributed by atoms with Crippen LogP contribution < -0.4 is 0 Å². The van der Waals surface area contributed by atoms with E-state index in [0.29, 0.717) is 0 Å². The summed E-state index contributed by atoms with van der Waals surface area (Å²) in [5.41, 5.74) is 1.87. The molecule has 0 radical (unpaired) electrons. The van der Waals surface area contributed by atoms with Crippen LogP contribution in [-0.4, -0.2) is 28.3 Å². The van der Waals surface area contributed by atoms with Crippen LogP contribution in [0.15, 0.2) is 83.5 Å². The van der Waals surface area contributed by atoms with Gasteiger partial charge in [0.05, 0.1) is 0 Å². The summed E-state index contributed by atoms with van der Waals surface area (Å²) in [7, 11) is 0. The molecular formula is C32H30ClNO4. The van der Waals surface area contributed by atoms with Gasteiger partial charge in [-0.3, -0.25) is 19.2 Å². The number of halogens is 1. The van der Waals surface area contributed by atoms with Crippen LogP contribution in [-0.2, 0) is 10.8 Å². The summed E-state index contributed by atoms with van der Waals surface area (Å²) < 4.78 is 0. The van der Waals surface area contributed by atoms with E-state index in [4.69, 9.17) is 11.6 Å². The zero-order valence-electron chi connectivity index (χ0n) is 22.4. The molecule has 4 rings (SSSR count). The number of amides is 2. The van der Waals surface area contributed by atoms with Gasteiger partial charge in [-0.25, -0.2) is 4.90 Å². The number of carbonyl (C=O) groups is 4. The molecule has 0 aliphatic heterocycles. The maximum absolute atomic E-state index is 13.9. The number of imide groups is 1. The highest BCUT2D eigenvalue weighted by Gasteiger charge is 2.40. The number of allylic oxidation sites excluding steroid dienone is 2. The molecule has 0 saturated carbocycles. The molecular weight excluding hydrogens is 498 g/mol. The lowest BCUT2D eigenvalue weighted by atomic mass is 9.86. The van der Waals surface area contributed by atoms with Crippen molar-refractivity contribution in [3.05, 3.63) is 117 Å². The third-order valence-electron chi connectivity index (χ3n) is 6.66. The summed E-state index contributed by atoms with van der Waals surface area (Å²) in [6.07, 6.45) is 0. The molecule has 2 amide bonds. The van der Waals surface area contributed by atoms with E-state index >= 15 is 0 Å². The molecule has 0 spiro atoms. The monoisotopic (exact) mass is 527 g/mol. The van der Waals surface area contributed by atoms with Crippen LogP contribution in [0.5, 0.6) is 0 Å². The highest BCUT2D eigenvalue weighted by atomic mass is 35.5. The van der Waals surface area contributed by atoms with Crippen molar-refractivity contribution < 1.29 is 19.2 Å². The maximum atomic E-state index is 13.9. The van der Waals surface area contributed by atoms with Crippen molar-refractivity contribution >= 4 is 35.0 Å². The first-order valence-corrected chi connectivity index (χ1v) is 12.8. The topological polar surface area (TPSA) is 71.5 Å². The van der Waals surface area contributed by atoms with Crippen LogP contribution in [0, 0.1) is 0 Å². The van der Waals surface area contributed by atoms with Crippen LogP contribution in [0.1, 0.15) is 94.1 Å². The Balaban J connectivity index is 1.86. The van der Waals surface area contributed by atoms with Gasteiger partial charge in [0.1, 0.15) is 10.7 Å². The molecule has 6 heteroatoms. The van der Waals surface area contributed by atoms with Crippen molar-refractivity contribution in [1.29, 1.82) is 0 Å². The first kappa shape index (κ1) is 27.2. The van der Waals surface area contributed by atoms with Gasteiger partial charge in [0, 0.05) is 22.3 Å². The first-order chi connectivity index (χ1) is 17.7. The fourth-order valence-corrected chi connectivity index (χ4v) is 4.58. The van der Waals surface area contributed by atoms with Gasteiger partial charge in [0.25, 0.3) is 11.8 Å². The van der Waals surface area contributed by atoms with Crippen molar-refractivity contribution in [2.24, 2.45) is 0 Å². The minimum atomic E-state index is -0.746. The van der Waals surface area contributed by atoms with Crippen molar-refractivity contribution in [1.82, 2.24) is 4.90 Å². The van der Waals surface area contributed by atoms with Gasteiger partial charge >= 0.3 is 0 Å². The molecule has 3 aromatic carbocycles. The van der Waals surface area contributed by atoms with E-state index in [1.54, 1.807) is 36.4 Å². The summed E-state index contributed by atoms with van der Waals surface area (Å²) in [6, 6.07) is 19.9. The molecule has 1 aliphatic carbocycles. The van der Waals surface area contributed by atoms with Gasteiger partial charge in [0.15, 0.2) is 0 Å². The molecule has 0 atom stereocenters. The Morgan fingerprint density at radius 2 is 0.974 bits per heavy atom. The summed E-state index contributed by atoms with van der Waals surface area (Å²) >= 11 is 6.45. The normalized spacial score (nSPS) is 13.9. The van der Waals surface area contributed by atoms with Gasteiger partial charge in [0.2, 0.25) is 11.6 Å². The summed E-state index contributed by atoms with van der Waals surface area (Å²) in [4.78, 5) is 55.3. The Labute approximate surface area is 228 Å². The van der Waals surface area contributed by atoms with Crippen LogP contribution in [0.25, 0.3) is 0 Å². The SMILES string of the molecule is CC(C)(C)c1ccc(C(=O)N(C(=O)c2ccc(C(C)(C)C)cc2)C2=C(Cl)C(=O)c3ccccc3C2=O)cc1. The summed E-state index contributed by atoms with van der Waals surface area (Å²) in [6.45, 7) is 12.3. The second kappa shape index (κ2) is 9.80. The van der Waals surface area contributed by atoms with Crippen LogP contribution in [0.3, 0.4) is 0 Å². The number of nitrogens with zero attached hydrogens (tertiary/aromatic N) is 1. The quantitative estimate of drug-likeness (QED) is 0.341. The van der Waals surface area contributed by atoms with E-state index in [1.165, 1.54) is 12.1 Å². The van der Waals surface area contributed by atoms with Crippen LogP contribution in [0.2, 0.25) is 0 Å². The lowest BCUT2D eigenvalue weighted by Crippen LogP contribution is -2.41. The van der Waals surface area contributed by atoms with Crippen LogP contribution >= 0.6 is 11.6 Å². The molecule has 3 aromatic rings. The van der Waals surface area contributed by atoms with E-state index in [0.717, 1.165) is 16.0 Å². The number of hydrogen-bond acceptors (Lipinski definition) is 4. The first-order valence-electron chi connectivity index (χ1n) is 12.4. The molecule has 0 unspecified atom stereocenters. The second-order valence-corrected chi connectivity index (χ2v) is 11.8. The molecule has 0 heterocycles. The van der Waals surface area contributed by atoms with Gasteiger partial charge in [-0.2, -0.15) is 0 Å². The maximum Gasteiger partial charge on any atom is 0.265 e. The predicted octanol–water partition coefficient (Wildman–Crippen LogP) is 7.09. The third kappa shape index (κ3) is 4.99. The Morgan fingerprint density at radius 3 is 1.34 bits per heavy atom. The van der Waals surface area contributed by atoms with Crippen molar-refractivity contribution in [2.45, 2.75) is 52.4 Å². The zero-order valence-corrected chi connectivity index (χ0v) is 23.1. The number of rotatable bonds is 3. The average Bonchev–Trinajstić information content (AvgIpc) is 2.88. The Bertz CT molecular complexity index is 1410. The number of Topliss-reactive ketones (excluding diaryl/α,β-unsaturated/α-hetero) is 2. The summed E-state index contributed by atoms with van der Waals surface area (Å²) in [5, 5.41) is -0.465. The molecule has 0 N–H and O–H groups in total. The molecule has 0 bridgehead atoms. The van der Waals surface area contributed by atoms with Crippen molar-refractivity contribution in [2.75, 3.05) is 0 Å². The van der Waals surface area contributed by atoms with E-state index in [2.05, 4.69) is 41.5 Å². The van der Waals surface area contributed by atoms with E-state index in [1.807, 2.05) is 24.3 Å². The number of carbonyl (C=O) groups excluding carboxylic acids is 4. The van der Waals surface area contributed by atoms with Gasteiger partial charge in [-0.15, -0.1) is 0 Å². The molecule has 0 aromatic heterocycles. The second-order valence-electron chi connectivity index (χ2n) is 11.5. The number of ketones is 2. The minimum Gasteiger partial charge on any atom is -0.287 e. The third-order valence-corrected chi connectivity index (χ3v) is 7.01.